The van der Waals surface area contributed by atoms with E-state index in [0.29, 0.717) is 34.1 Å². The summed E-state index contributed by atoms with van der Waals surface area (Å²) < 4.78 is 5.42. The van der Waals surface area contributed by atoms with Crippen molar-refractivity contribution in [2.45, 2.75) is 30.4 Å². The van der Waals surface area contributed by atoms with E-state index in [1.54, 1.807) is 54.6 Å². The van der Waals surface area contributed by atoms with Gasteiger partial charge in [0.05, 0.1) is 18.0 Å². The highest BCUT2D eigenvalue weighted by atomic mass is 35.5. The fourth-order valence-corrected chi connectivity index (χ4v) is 6.12. The second-order valence-electron chi connectivity index (χ2n) is 10.7. The van der Waals surface area contributed by atoms with E-state index in [2.05, 4.69) is 16.0 Å². The predicted octanol–water partition coefficient (Wildman–Crippen LogP) is 8.73. The number of methoxy groups -OCH3 is 1. The molecule has 7 nitrogen and oxygen atoms in total. The molecule has 238 valence electrons. The van der Waals surface area contributed by atoms with Crippen LogP contribution in [0.2, 0.25) is 5.02 Å². The fourth-order valence-electron chi connectivity index (χ4n) is 4.95. The third-order valence-electron chi connectivity index (χ3n) is 7.42. The number of carbonyl (C=O) groups is 3. The molecule has 0 aliphatic rings. The summed E-state index contributed by atoms with van der Waals surface area (Å²) in [5, 5.41) is 10.8. The van der Waals surface area contributed by atoms with Crippen LogP contribution >= 0.6 is 23.4 Å². The van der Waals surface area contributed by atoms with Gasteiger partial charge in [-0.15, -0.1) is 11.8 Å². The van der Waals surface area contributed by atoms with Crippen molar-refractivity contribution < 1.29 is 19.1 Å². The Morgan fingerprint density at radius 3 is 2.36 bits per heavy atom. The van der Waals surface area contributed by atoms with Crippen molar-refractivity contribution in [1.29, 1.82) is 0 Å². The van der Waals surface area contributed by atoms with Gasteiger partial charge in [0.25, 0.3) is 11.8 Å². The maximum absolute atomic E-state index is 13.7. The molecule has 0 radical (unpaired) electrons. The monoisotopic (exact) mass is 663 g/mol. The van der Waals surface area contributed by atoms with Gasteiger partial charge in [0.1, 0.15) is 11.4 Å². The molecule has 0 spiro atoms. The molecule has 3 amide bonds. The normalized spacial score (nSPS) is 11.9. The zero-order chi connectivity index (χ0) is 33.3. The van der Waals surface area contributed by atoms with Gasteiger partial charge in [-0.3, -0.25) is 14.4 Å². The number of ether oxygens (including phenoxy) is 1. The molecular weight excluding hydrogens is 630 g/mol. The second kappa shape index (κ2) is 15.5. The molecule has 0 heterocycles. The summed E-state index contributed by atoms with van der Waals surface area (Å²) in [5.74, 6) is -0.596. The number of carbonyl (C=O) groups excluding carboxylic acids is 3. The molecule has 5 rings (SSSR count). The van der Waals surface area contributed by atoms with Gasteiger partial charge >= 0.3 is 0 Å². The van der Waals surface area contributed by atoms with Crippen LogP contribution in [-0.2, 0) is 9.59 Å². The van der Waals surface area contributed by atoms with Gasteiger partial charge in [-0.05, 0) is 77.7 Å². The Balaban J connectivity index is 1.36. The molecule has 0 saturated heterocycles. The van der Waals surface area contributed by atoms with Crippen LogP contribution < -0.4 is 20.7 Å². The zero-order valence-corrected chi connectivity index (χ0v) is 27.7. The van der Waals surface area contributed by atoms with E-state index < -0.39 is 17.1 Å². The van der Waals surface area contributed by atoms with Crippen molar-refractivity contribution in [3.8, 4) is 5.75 Å². The van der Waals surface area contributed by atoms with Crippen molar-refractivity contribution in [3.63, 3.8) is 0 Å². The van der Waals surface area contributed by atoms with Gasteiger partial charge in [-0.2, -0.15) is 0 Å². The number of anilines is 2. The van der Waals surface area contributed by atoms with Crippen LogP contribution in [0.25, 0.3) is 16.8 Å². The first kappa shape index (κ1) is 33.3. The minimum Gasteiger partial charge on any atom is -0.495 e. The Morgan fingerprint density at radius 2 is 1.60 bits per heavy atom. The van der Waals surface area contributed by atoms with E-state index in [1.807, 2.05) is 74.5 Å². The van der Waals surface area contributed by atoms with Crippen LogP contribution in [0.15, 0.2) is 120 Å². The van der Waals surface area contributed by atoms with Gasteiger partial charge < -0.3 is 20.7 Å². The number of thioether (sulfide) groups is 1. The summed E-state index contributed by atoms with van der Waals surface area (Å²) in [6.45, 7) is 3.80. The Labute approximate surface area is 283 Å². The predicted molar refractivity (Wildman–Crippen MR) is 192 cm³/mol. The van der Waals surface area contributed by atoms with Crippen molar-refractivity contribution >= 4 is 69.3 Å². The number of aryl methyl sites for hydroxylation is 1. The summed E-state index contributed by atoms with van der Waals surface area (Å²) in [6, 6.07) is 33.1. The maximum Gasteiger partial charge on any atom is 0.272 e. The minimum atomic E-state index is -0.487. The molecule has 5 aromatic carbocycles. The molecule has 0 aliphatic carbocycles. The smallest absolute Gasteiger partial charge is 0.272 e. The number of halogens is 1. The minimum absolute atomic E-state index is 0.0891. The van der Waals surface area contributed by atoms with E-state index in [1.165, 1.54) is 18.9 Å². The van der Waals surface area contributed by atoms with E-state index in [-0.39, 0.29) is 11.6 Å². The Hall–Kier alpha value is -5.05. The lowest BCUT2D eigenvalue weighted by Gasteiger charge is -2.18. The molecule has 1 atom stereocenters. The lowest BCUT2D eigenvalue weighted by Crippen LogP contribution is -2.30. The number of hydrogen-bond acceptors (Lipinski definition) is 5. The van der Waals surface area contributed by atoms with Gasteiger partial charge in [-0.1, -0.05) is 85.3 Å². The standard InChI is InChI=1S/C38H34ClN3O4S/c1-4-35(38(45)41-32-20-24(2)31(39)23-34(32)46-3)47-29-18-11-17-28(22-29)40-37(44)33(42-36(43)26-13-6-5-7-14-26)21-27-16-10-15-25-12-8-9-19-30(25)27/h5-23,35H,4H2,1-3H3,(H,40,44)(H,41,45)(H,42,43)/b33-21+. The fraction of sp³-hybridized carbons (Fsp3) is 0.132. The summed E-state index contributed by atoms with van der Waals surface area (Å²) in [4.78, 5) is 41.0. The SMILES string of the molecule is CCC(Sc1cccc(NC(=O)/C(=C\c2cccc3ccccc23)NC(=O)c2ccccc2)c1)C(=O)Nc1cc(C)c(Cl)cc1OC. The first-order valence-corrected chi connectivity index (χ1v) is 16.3. The van der Waals surface area contributed by atoms with Gasteiger partial charge in [-0.25, -0.2) is 0 Å². The van der Waals surface area contributed by atoms with E-state index >= 15 is 0 Å². The number of hydrogen-bond donors (Lipinski definition) is 3. The molecule has 0 aromatic heterocycles. The molecule has 47 heavy (non-hydrogen) atoms. The summed E-state index contributed by atoms with van der Waals surface area (Å²) >= 11 is 7.62. The largest absolute Gasteiger partial charge is 0.495 e. The highest BCUT2D eigenvalue weighted by molar-refractivity contribution is 8.00. The van der Waals surface area contributed by atoms with Crippen LogP contribution in [0, 0.1) is 6.92 Å². The highest BCUT2D eigenvalue weighted by Gasteiger charge is 2.21. The summed E-state index contributed by atoms with van der Waals surface area (Å²) in [5.41, 5.74) is 3.19. The summed E-state index contributed by atoms with van der Waals surface area (Å²) in [7, 11) is 1.53. The zero-order valence-electron chi connectivity index (χ0n) is 26.2. The molecule has 0 bridgehead atoms. The highest BCUT2D eigenvalue weighted by Crippen LogP contribution is 2.33. The Kier molecular flexibility index (Phi) is 11.0. The van der Waals surface area contributed by atoms with E-state index in [9.17, 15) is 14.4 Å². The first-order chi connectivity index (χ1) is 22.7. The van der Waals surface area contributed by atoms with Crippen LogP contribution in [0.4, 0.5) is 11.4 Å². The average Bonchev–Trinajstić information content (AvgIpc) is 3.09. The average molecular weight is 664 g/mol. The van der Waals surface area contributed by atoms with Crippen molar-refractivity contribution in [2.75, 3.05) is 17.7 Å². The molecule has 1 unspecified atom stereocenters. The van der Waals surface area contributed by atoms with Crippen LogP contribution in [-0.4, -0.2) is 30.1 Å². The molecular formula is C38H34ClN3O4S. The number of benzene rings is 5. The molecule has 3 N–H and O–H groups in total. The number of nitrogens with one attached hydrogen (secondary N) is 3. The van der Waals surface area contributed by atoms with E-state index in [0.717, 1.165) is 26.8 Å². The van der Waals surface area contributed by atoms with Crippen molar-refractivity contribution in [2.24, 2.45) is 0 Å². The molecule has 5 aromatic rings. The van der Waals surface area contributed by atoms with Crippen molar-refractivity contribution in [3.05, 3.63) is 137 Å². The van der Waals surface area contributed by atoms with Crippen molar-refractivity contribution in [1.82, 2.24) is 5.32 Å². The third-order valence-corrected chi connectivity index (χ3v) is 9.19. The molecule has 0 saturated carbocycles. The van der Waals surface area contributed by atoms with Crippen LogP contribution in [0.1, 0.15) is 34.8 Å². The number of rotatable bonds is 11. The van der Waals surface area contributed by atoms with E-state index in [4.69, 9.17) is 16.3 Å². The molecule has 0 fully saturated rings. The third kappa shape index (κ3) is 8.41. The number of amides is 3. The lowest BCUT2D eigenvalue weighted by atomic mass is 10.0. The Bertz CT molecular complexity index is 1960. The van der Waals surface area contributed by atoms with Gasteiger partial charge in [0, 0.05) is 27.2 Å². The lowest BCUT2D eigenvalue weighted by molar-refractivity contribution is -0.116. The van der Waals surface area contributed by atoms with Gasteiger partial charge in [0.2, 0.25) is 5.91 Å². The first-order valence-electron chi connectivity index (χ1n) is 15.0. The second-order valence-corrected chi connectivity index (χ2v) is 12.4. The van der Waals surface area contributed by atoms with Crippen LogP contribution in [0.5, 0.6) is 5.75 Å². The van der Waals surface area contributed by atoms with Gasteiger partial charge in [0.15, 0.2) is 0 Å². The molecule has 0 aliphatic heterocycles. The van der Waals surface area contributed by atoms with Crippen LogP contribution in [0.3, 0.4) is 0 Å². The maximum atomic E-state index is 13.7. The topological polar surface area (TPSA) is 96.5 Å². The Morgan fingerprint density at radius 1 is 0.872 bits per heavy atom. The number of fused-ring (bicyclic) bond motifs is 1. The quantitative estimate of drug-likeness (QED) is 0.0970. The summed E-state index contributed by atoms with van der Waals surface area (Å²) in [6.07, 6.45) is 2.24. The molecule has 9 heteroatoms.